The Hall–Kier alpha value is -4.19. The SMILES string of the molecule is CC(C)n1c(O)c(N=NC(=O)c2cccc(S(=O)(=O)Nc3cccc(C(F)(F)F)c3)c2)c2ccccc21. The van der Waals surface area contributed by atoms with E-state index in [1.165, 1.54) is 24.3 Å². The highest BCUT2D eigenvalue weighted by atomic mass is 32.2. The van der Waals surface area contributed by atoms with E-state index in [2.05, 4.69) is 15.0 Å². The maximum absolute atomic E-state index is 13.0. The summed E-state index contributed by atoms with van der Waals surface area (Å²) in [6.45, 7) is 3.75. The molecule has 3 aromatic carbocycles. The maximum Gasteiger partial charge on any atom is 0.416 e. The van der Waals surface area contributed by atoms with Crippen LogP contribution in [0.3, 0.4) is 0 Å². The number of amides is 1. The summed E-state index contributed by atoms with van der Waals surface area (Å²) in [7, 11) is -4.33. The number of nitrogens with one attached hydrogen (secondary N) is 1. The van der Waals surface area contributed by atoms with E-state index in [9.17, 15) is 31.5 Å². The summed E-state index contributed by atoms with van der Waals surface area (Å²) in [5.74, 6) is -1.05. The fraction of sp³-hybridized carbons (Fsp3) is 0.160. The zero-order valence-electron chi connectivity index (χ0n) is 19.6. The van der Waals surface area contributed by atoms with Crippen LogP contribution in [-0.2, 0) is 16.2 Å². The summed E-state index contributed by atoms with van der Waals surface area (Å²) in [5.41, 5.74) is -0.636. The Balaban J connectivity index is 1.61. The lowest BCUT2D eigenvalue weighted by Crippen LogP contribution is -2.14. The highest BCUT2D eigenvalue weighted by Gasteiger charge is 2.31. The van der Waals surface area contributed by atoms with Gasteiger partial charge in [0.05, 0.1) is 16.0 Å². The molecule has 8 nitrogen and oxygen atoms in total. The number of fused-ring (bicyclic) bond motifs is 1. The topological polar surface area (TPSA) is 113 Å². The molecule has 1 aromatic heterocycles. The van der Waals surface area contributed by atoms with Crippen LogP contribution in [0, 0.1) is 0 Å². The van der Waals surface area contributed by atoms with Crippen molar-refractivity contribution in [3.8, 4) is 5.88 Å². The predicted octanol–water partition coefficient (Wildman–Crippen LogP) is 6.67. The van der Waals surface area contributed by atoms with Gasteiger partial charge in [-0.15, -0.1) is 10.2 Å². The Bertz CT molecular complexity index is 1630. The highest BCUT2D eigenvalue weighted by Crippen LogP contribution is 2.40. The van der Waals surface area contributed by atoms with Crippen molar-refractivity contribution in [3.63, 3.8) is 0 Å². The zero-order chi connectivity index (χ0) is 27.0. The molecule has 0 aliphatic carbocycles. The van der Waals surface area contributed by atoms with Crippen LogP contribution in [-0.4, -0.2) is 24.0 Å². The molecule has 1 amide bonds. The average Bonchev–Trinajstić information content (AvgIpc) is 3.13. The Labute approximate surface area is 210 Å². The molecule has 12 heteroatoms. The highest BCUT2D eigenvalue weighted by molar-refractivity contribution is 7.92. The van der Waals surface area contributed by atoms with Crippen LogP contribution in [0.5, 0.6) is 5.88 Å². The van der Waals surface area contributed by atoms with Gasteiger partial charge in [-0.25, -0.2) is 8.42 Å². The van der Waals surface area contributed by atoms with E-state index in [1.807, 2.05) is 13.8 Å². The Morgan fingerprint density at radius 2 is 1.70 bits per heavy atom. The maximum atomic E-state index is 13.0. The van der Waals surface area contributed by atoms with Crippen LogP contribution in [0.25, 0.3) is 10.9 Å². The van der Waals surface area contributed by atoms with Crippen LogP contribution >= 0.6 is 0 Å². The lowest BCUT2D eigenvalue weighted by molar-refractivity contribution is -0.137. The van der Waals surface area contributed by atoms with Gasteiger partial charge in [0.2, 0.25) is 5.88 Å². The van der Waals surface area contributed by atoms with Gasteiger partial charge in [0, 0.05) is 22.7 Å². The number of carbonyl (C=O) groups is 1. The van der Waals surface area contributed by atoms with Gasteiger partial charge in [-0.3, -0.25) is 9.52 Å². The fourth-order valence-corrected chi connectivity index (χ4v) is 4.87. The first kappa shape index (κ1) is 25.9. The summed E-state index contributed by atoms with van der Waals surface area (Å²) < 4.78 is 68.2. The molecule has 192 valence electrons. The Morgan fingerprint density at radius 3 is 2.41 bits per heavy atom. The van der Waals surface area contributed by atoms with Crippen LogP contribution in [0.2, 0.25) is 0 Å². The van der Waals surface area contributed by atoms with Crippen LogP contribution in [0.15, 0.2) is 87.9 Å². The molecular weight excluding hydrogens is 509 g/mol. The minimum absolute atomic E-state index is 0.0904. The second-order valence-corrected chi connectivity index (χ2v) is 10.1. The van der Waals surface area contributed by atoms with Crippen molar-refractivity contribution in [3.05, 3.63) is 83.9 Å². The third-order valence-corrected chi connectivity index (χ3v) is 6.83. The van der Waals surface area contributed by atoms with Gasteiger partial charge in [-0.1, -0.05) is 30.3 Å². The lowest BCUT2D eigenvalue weighted by atomic mass is 10.2. The van der Waals surface area contributed by atoms with Crippen molar-refractivity contribution >= 4 is 38.2 Å². The van der Waals surface area contributed by atoms with Crippen LogP contribution in [0.1, 0.15) is 35.8 Å². The van der Waals surface area contributed by atoms with Crippen molar-refractivity contribution in [1.82, 2.24) is 4.57 Å². The monoisotopic (exact) mass is 530 g/mol. The van der Waals surface area contributed by atoms with Crippen molar-refractivity contribution in [2.24, 2.45) is 10.2 Å². The number of aromatic nitrogens is 1. The quantitative estimate of drug-likeness (QED) is 0.271. The van der Waals surface area contributed by atoms with Crippen LogP contribution < -0.4 is 4.72 Å². The van der Waals surface area contributed by atoms with Gasteiger partial charge in [0.25, 0.3) is 15.9 Å². The van der Waals surface area contributed by atoms with Crippen molar-refractivity contribution in [1.29, 1.82) is 0 Å². The second kappa shape index (κ2) is 9.69. The zero-order valence-corrected chi connectivity index (χ0v) is 20.4. The summed E-state index contributed by atoms with van der Waals surface area (Å²) in [4.78, 5) is 12.4. The first-order chi connectivity index (χ1) is 17.4. The number of hydrogen-bond acceptors (Lipinski definition) is 5. The molecule has 0 atom stereocenters. The van der Waals surface area contributed by atoms with E-state index < -0.39 is 27.7 Å². The molecule has 0 bridgehead atoms. The fourth-order valence-electron chi connectivity index (χ4n) is 3.78. The molecule has 0 saturated carbocycles. The summed E-state index contributed by atoms with van der Waals surface area (Å²) >= 11 is 0. The minimum atomic E-state index is -4.64. The predicted molar refractivity (Wildman–Crippen MR) is 132 cm³/mol. The molecule has 37 heavy (non-hydrogen) atoms. The molecule has 0 unspecified atom stereocenters. The number of halogens is 3. The number of rotatable bonds is 6. The molecule has 4 aromatic rings. The summed E-state index contributed by atoms with van der Waals surface area (Å²) in [6, 6.07) is 15.5. The molecule has 1 heterocycles. The third kappa shape index (κ3) is 5.33. The number of aromatic hydroxyl groups is 1. The van der Waals surface area contributed by atoms with Crippen molar-refractivity contribution < 1.29 is 31.5 Å². The molecular formula is C25H21F3N4O4S. The van der Waals surface area contributed by atoms with E-state index in [4.69, 9.17) is 0 Å². The van der Waals surface area contributed by atoms with Crippen molar-refractivity contribution in [2.75, 3.05) is 4.72 Å². The number of azo groups is 1. The number of anilines is 1. The molecule has 4 rings (SSSR count). The Kier molecular flexibility index (Phi) is 6.78. The molecule has 0 spiro atoms. The number of sulfonamides is 1. The number of hydrogen-bond donors (Lipinski definition) is 2. The first-order valence-electron chi connectivity index (χ1n) is 11.0. The van der Waals surface area contributed by atoms with E-state index in [0.29, 0.717) is 17.0 Å². The number of para-hydroxylation sites is 1. The molecule has 2 N–H and O–H groups in total. The second-order valence-electron chi connectivity index (χ2n) is 8.37. The van der Waals surface area contributed by atoms with Crippen LogP contribution in [0.4, 0.5) is 24.5 Å². The van der Waals surface area contributed by atoms with Crippen molar-refractivity contribution in [2.45, 2.75) is 31.0 Å². The molecule has 0 aliphatic rings. The molecule has 0 fully saturated rings. The molecule has 0 radical (unpaired) electrons. The van der Waals surface area contributed by atoms with Gasteiger partial charge >= 0.3 is 6.18 Å². The smallest absolute Gasteiger partial charge is 0.416 e. The van der Waals surface area contributed by atoms with E-state index >= 15 is 0 Å². The number of nitrogens with zero attached hydrogens (tertiary/aromatic N) is 3. The van der Waals surface area contributed by atoms with Gasteiger partial charge in [-0.2, -0.15) is 13.2 Å². The number of alkyl halides is 3. The van der Waals surface area contributed by atoms with Gasteiger partial charge < -0.3 is 9.67 Å². The third-order valence-electron chi connectivity index (χ3n) is 5.45. The number of carbonyl (C=O) groups excluding carboxylic acids is 1. The molecule has 0 saturated heterocycles. The van der Waals surface area contributed by atoms with E-state index in [1.54, 1.807) is 28.8 Å². The van der Waals surface area contributed by atoms with E-state index in [-0.39, 0.29) is 33.8 Å². The largest absolute Gasteiger partial charge is 0.493 e. The van der Waals surface area contributed by atoms with Gasteiger partial charge in [-0.05, 0) is 56.3 Å². The van der Waals surface area contributed by atoms with Gasteiger partial charge in [0.15, 0.2) is 5.69 Å². The standard InChI is InChI=1S/C25H21F3N4O4S/c1-15(2)32-21-12-4-3-11-20(21)22(24(32)34)29-30-23(33)16-7-5-10-19(13-16)37(35,36)31-18-9-6-8-17(14-18)25(26,27)28/h3-15,31,34H,1-2H3. The molecule has 0 aliphatic heterocycles. The average molecular weight is 531 g/mol. The minimum Gasteiger partial charge on any atom is -0.493 e. The summed E-state index contributed by atoms with van der Waals surface area (Å²) in [5, 5.41) is 18.8. The first-order valence-corrected chi connectivity index (χ1v) is 12.4. The Morgan fingerprint density at radius 1 is 1.00 bits per heavy atom. The van der Waals surface area contributed by atoms with E-state index in [0.717, 1.165) is 18.2 Å². The normalized spacial score (nSPS) is 12.5. The summed E-state index contributed by atoms with van der Waals surface area (Å²) in [6.07, 6.45) is -4.64. The number of benzene rings is 3. The lowest BCUT2D eigenvalue weighted by Gasteiger charge is -2.11. The van der Waals surface area contributed by atoms with Gasteiger partial charge in [0.1, 0.15) is 0 Å².